The first-order chi connectivity index (χ1) is 6.16. The normalized spacial score (nSPS) is 23.6. The standard InChI is InChI=1S/C11H16O2/c1-3-4-5-6-9-8(2)10(12)7-11(9)13/h4-5,10,12H,3,6-7H2,1-2H3/b5-4+/t10-/m0/s1. The van der Waals surface area contributed by atoms with E-state index in [4.69, 9.17) is 0 Å². The number of carbonyl (C=O) groups is 1. The summed E-state index contributed by atoms with van der Waals surface area (Å²) in [5.74, 6) is 0.103. The van der Waals surface area contributed by atoms with Crippen LogP contribution in [-0.4, -0.2) is 17.0 Å². The lowest BCUT2D eigenvalue weighted by Crippen LogP contribution is -2.03. The van der Waals surface area contributed by atoms with Crippen molar-refractivity contribution in [3.63, 3.8) is 0 Å². The Bertz CT molecular complexity index is 261. The van der Waals surface area contributed by atoms with Crippen LogP contribution < -0.4 is 0 Å². The quantitative estimate of drug-likeness (QED) is 0.674. The van der Waals surface area contributed by atoms with Gasteiger partial charge in [-0.2, -0.15) is 0 Å². The molecule has 0 aliphatic heterocycles. The second-order valence-electron chi connectivity index (χ2n) is 3.39. The molecule has 0 radical (unpaired) electrons. The molecule has 1 aliphatic carbocycles. The minimum atomic E-state index is -0.530. The van der Waals surface area contributed by atoms with E-state index in [0.29, 0.717) is 6.42 Å². The molecule has 0 amide bonds. The van der Waals surface area contributed by atoms with Gasteiger partial charge in [-0.25, -0.2) is 0 Å². The molecule has 13 heavy (non-hydrogen) atoms. The van der Waals surface area contributed by atoms with Crippen LogP contribution in [0.3, 0.4) is 0 Å². The molecular formula is C11H16O2. The molecule has 72 valence electrons. The van der Waals surface area contributed by atoms with E-state index < -0.39 is 6.10 Å². The molecule has 0 aromatic heterocycles. The average Bonchev–Trinajstić information content (AvgIpc) is 2.32. The smallest absolute Gasteiger partial charge is 0.162 e. The third-order valence-electron chi connectivity index (χ3n) is 2.42. The SMILES string of the molecule is CC/C=C/CC1=C(C)[C@@H](O)CC1=O. The van der Waals surface area contributed by atoms with Gasteiger partial charge in [0.1, 0.15) is 0 Å². The summed E-state index contributed by atoms with van der Waals surface area (Å²) in [5, 5.41) is 9.39. The third-order valence-corrected chi connectivity index (χ3v) is 2.42. The molecule has 0 unspecified atom stereocenters. The number of carbonyl (C=O) groups excluding carboxylic acids is 1. The largest absolute Gasteiger partial charge is 0.388 e. The van der Waals surface area contributed by atoms with Crippen LogP contribution in [-0.2, 0) is 4.79 Å². The second kappa shape index (κ2) is 4.38. The summed E-state index contributed by atoms with van der Waals surface area (Å²) < 4.78 is 0. The van der Waals surface area contributed by atoms with Crippen LogP contribution in [0.1, 0.15) is 33.1 Å². The third kappa shape index (κ3) is 2.28. The van der Waals surface area contributed by atoms with Crippen LogP contribution in [0.25, 0.3) is 0 Å². The van der Waals surface area contributed by atoms with Crippen molar-refractivity contribution in [2.45, 2.75) is 39.2 Å². The van der Waals surface area contributed by atoms with Crippen molar-refractivity contribution in [2.75, 3.05) is 0 Å². The molecule has 0 saturated carbocycles. The molecule has 0 spiro atoms. The van der Waals surface area contributed by atoms with Gasteiger partial charge >= 0.3 is 0 Å². The Balaban J connectivity index is 2.66. The molecule has 0 aromatic carbocycles. The zero-order valence-corrected chi connectivity index (χ0v) is 8.21. The van der Waals surface area contributed by atoms with Gasteiger partial charge in [-0.05, 0) is 25.3 Å². The summed E-state index contributed by atoms with van der Waals surface area (Å²) in [7, 11) is 0. The Morgan fingerprint density at radius 3 is 2.69 bits per heavy atom. The highest BCUT2D eigenvalue weighted by Crippen LogP contribution is 2.25. The van der Waals surface area contributed by atoms with Crippen molar-refractivity contribution < 1.29 is 9.90 Å². The Hall–Kier alpha value is -0.890. The number of Topliss-reactive ketones (excluding diaryl/α,β-unsaturated/α-hetero) is 1. The summed E-state index contributed by atoms with van der Waals surface area (Å²) >= 11 is 0. The van der Waals surface area contributed by atoms with E-state index in [0.717, 1.165) is 17.6 Å². The number of hydrogen-bond acceptors (Lipinski definition) is 2. The number of hydrogen-bond donors (Lipinski definition) is 1. The molecule has 1 atom stereocenters. The van der Waals surface area contributed by atoms with Crippen LogP contribution in [0.5, 0.6) is 0 Å². The molecule has 1 aliphatic rings. The fourth-order valence-electron chi connectivity index (χ4n) is 1.52. The van der Waals surface area contributed by atoms with Gasteiger partial charge in [0.2, 0.25) is 0 Å². The molecule has 1 N–H and O–H groups in total. The van der Waals surface area contributed by atoms with E-state index in [1.54, 1.807) is 0 Å². The van der Waals surface area contributed by atoms with E-state index in [9.17, 15) is 9.90 Å². The van der Waals surface area contributed by atoms with Gasteiger partial charge in [-0.15, -0.1) is 0 Å². The molecule has 0 bridgehead atoms. The fraction of sp³-hybridized carbons (Fsp3) is 0.545. The maximum Gasteiger partial charge on any atom is 0.162 e. The van der Waals surface area contributed by atoms with Gasteiger partial charge in [-0.3, -0.25) is 4.79 Å². The Kier molecular flexibility index (Phi) is 3.43. The molecule has 2 heteroatoms. The highest BCUT2D eigenvalue weighted by atomic mass is 16.3. The van der Waals surface area contributed by atoms with Crippen molar-refractivity contribution in [2.24, 2.45) is 0 Å². The van der Waals surface area contributed by atoms with Crippen molar-refractivity contribution in [1.82, 2.24) is 0 Å². The van der Waals surface area contributed by atoms with Gasteiger partial charge in [-0.1, -0.05) is 19.1 Å². The van der Waals surface area contributed by atoms with E-state index in [-0.39, 0.29) is 12.2 Å². The van der Waals surface area contributed by atoms with Crippen molar-refractivity contribution in [3.8, 4) is 0 Å². The van der Waals surface area contributed by atoms with E-state index >= 15 is 0 Å². The first-order valence-corrected chi connectivity index (χ1v) is 4.72. The monoisotopic (exact) mass is 180 g/mol. The minimum absolute atomic E-state index is 0.103. The molecule has 0 saturated heterocycles. The van der Waals surface area contributed by atoms with Crippen LogP contribution in [0, 0.1) is 0 Å². The maximum absolute atomic E-state index is 11.3. The van der Waals surface area contributed by atoms with E-state index in [1.165, 1.54) is 0 Å². The zero-order chi connectivity index (χ0) is 9.84. The second-order valence-corrected chi connectivity index (χ2v) is 3.39. The van der Waals surface area contributed by atoms with Crippen LogP contribution in [0.2, 0.25) is 0 Å². The number of aliphatic hydroxyl groups excluding tert-OH is 1. The van der Waals surface area contributed by atoms with Crippen LogP contribution in [0.4, 0.5) is 0 Å². The lowest BCUT2D eigenvalue weighted by atomic mass is 10.1. The summed E-state index contributed by atoms with van der Waals surface area (Å²) in [6.07, 6.45) is 5.45. The van der Waals surface area contributed by atoms with Gasteiger partial charge < -0.3 is 5.11 Å². The van der Waals surface area contributed by atoms with Gasteiger partial charge in [0, 0.05) is 12.0 Å². The summed E-state index contributed by atoms with van der Waals surface area (Å²) in [4.78, 5) is 11.3. The Morgan fingerprint density at radius 1 is 1.54 bits per heavy atom. The molecule has 0 fully saturated rings. The van der Waals surface area contributed by atoms with Gasteiger partial charge in [0.05, 0.1) is 6.10 Å². The zero-order valence-electron chi connectivity index (χ0n) is 8.21. The summed E-state index contributed by atoms with van der Waals surface area (Å²) in [6.45, 7) is 3.90. The molecular weight excluding hydrogens is 164 g/mol. The molecule has 0 aromatic rings. The lowest BCUT2D eigenvalue weighted by molar-refractivity contribution is -0.115. The Labute approximate surface area is 79.0 Å². The number of rotatable bonds is 3. The molecule has 2 nitrogen and oxygen atoms in total. The maximum atomic E-state index is 11.3. The number of allylic oxidation sites excluding steroid dienone is 3. The van der Waals surface area contributed by atoms with Crippen molar-refractivity contribution >= 4 is 5.78 Å². The van der Waals surface area contributed by atoms with Crippen LogP contribution in [0.15, 0.2) is 23.3 Å². The molecule has 0 heterocycles. The Morgan fingerprint density at radius 2 is 2.23 bits per heavy atom. The van der Waals surface area contributed by atoms with E-state index in [2.05, 4.69) is 6.92 Å². The highest BCUT2D eigenvalue weighted by molar-refractivity contribution is 5.99. The predicted molar refractivity (Wildman–Crippen MR) is 52.4 cm³/mol. The average molecular weight is 180 g/mol. The first kappa shape index (κ1) is 10.2. The minimum Gasteiger partial charge on any atom is -0.388 e. The van der Waals surface area contributed by atoms with Gasteiger partial charge in [0.25, 0.3) is 0 Å². The van der Waals surface area contributed by atoms with Crippen LogP contribution >= 0.6 is 0 Å². The highest BCUT2D eigenvalue weighted by Gasteiger charge is 2.26. The van der Waals surface area contributed by atoms with Crippen molar-refractivity contribution in [1.29, 1.82) is 0 Å². The number of aliphatic hydroxyl groups is 1. The lowest BCUT2D eigenvalue weighted by Gasteiger charge is -2.00. The van der Waals surface area contributed by atoms with Gasteiger partial charge in [0.15, 0.2) is 5.78 Å². The molecule has 1 rings (SSSR count). The topological polar surface area (TPSA) is 37.3 Å². The predicted octanol–water partition coefficient (Wildman–Crippen LogP) is 1.99. The first-order valence-electron chi connectivity index (χ1n) is 4.72. The summed E-state index contributed by atoms with van der Waals surface area (Å²) in [5.41, 5.74) is 1.66. The summed E-state index contributed by atoms with van der Waals surface area (Å²) in [6, 6.07) is 0. The fourth-order valence-corrected chi connectivity index (χ4v) is 1.52. The number of ketones is 1. The van der Waals surface area contributed by atoms with E-state index in [1.807, 2.05) is 19.1 Å². The van der Waals surface area contributed by atoms with Crippen molar-refractivity contribution in [3.05, 3.63) is 23.3 Å².